The van der Waals surface area contributed by atoms with Crippen LogP contribution in [0.3, 0.4) is 0 Å². The van der Waals surface area contributed by atoms with E-state index in [0.29, 0.717) is 5.56 Å². The summed E-state index contributed by atoms with van der Waals surface area (Å²) in [5.41, 5.74) is 2.38. The van der Waals surface area contributed by atoms with Crippen LogP contribution in [0.15, 0.2) is 66.7 Å². The monoisotopic (exact) mass is 276 g/mol. The second-order valence-electron chi connectivity index (χ2n) is 5.19. The van der Waals surface area contributed by atoms with Crippen LogP contribution in [0.1, 0.15) is 34.3 Å². The molecule has 21 heavy (non-hydrogen) atoms. The first-order chi connectivity index (χ1) is 10.2. The molecule has 0 saturated heterocycles. The lowest BCUT2D eigenvalue weighted by Gasteiger charge is -2.17. The van der Waals surface area contributed by atoms with E-state index in [0.717, 1.165) is 21.9 Å². The van der Waals surface area contributed by atoms with Crippen LogP contribution in [0.2, 0.25) is 0 Å². The Labute approximate surface area is 123 Å². The number of aromatic carboxylic acids is 1. The van der Waals surface area contributed by atoms with E-state index in [1.54, 1.807) is 0 Å². The molecule has 0 amide bonds. The van der Waals surface area contributed by atoms with Gasteiger partial charge in [0.15, 0.2) is 0 Å². The van der Waals surface area contributed by atoms with Crippen LogP contribution >= 0.6 is 0 Å². The second kappa shape index (κ2) is 5.41. The number of rotatable bonds is 3. The van der Waals surface area contributed by atoms with Gasteiger partial charge in [0.25, 0.3) is 0 Å². The van der Waals surface area contributed by atoms with Gasteiger partial charge in [0.1, 0.15) is 0 Å². The van der Waals surface area contributed by atoms with Gasteiger partial charge in [-0.15, -0.1) is 0 Å². The molecular weight excluding hydrogens is 260 g/mol. The quantitative estimate of drug-likeness (QED) is 0.753. The SMILES string of the molecule is CC(c1ccccc1)c1ccc2ccccc2c1C(=O)O. The van der Waals surface area contributed by atoms with Crippen LogP contribution < -0.4 is 0 Å². The van der Waals surface area contributed by atoms with Crippen molar-refractivity contribution < 1.29 is 9.90 Å². The highest BCUT2D eigenvalue weighted by Crippen LogP contribution is 2.31. The standard InChI is InChI=1S/C19H16O2/c1-13(14-7-3-2-4-8-14)16-12-11-15-9-5-6-10-17(15)18(16)19(20)21/h2-13H,1H3,(H,20,21). The van der Waals surface area contributed by atoms with E-state index < -0.39 is 5.97 Å². The molecule has 2 heteroatoms. The highest BCUT2D eigenvalue weighted by Gasteiger charge is 2.19. The number of hydrogen-bond donors (Lipinski definition) is 1. The highest BCUT2D eigenvalue weighted by atomic mass is 16.4. The fraction of sp³-hybridized carbons (Fsp3) is 0.105. The molecule has 0 aliphatic rings. The molecule has 1 N–H and O–H groups in total. The van der Waals surface area contributed by atoms with Crippen LogP contribution in [0.25, 0.3) is 10.8 Å². The minimum absolute atomic E-state index is 0.0434. The first kappa shape index (κ1) is 13.4. The normalized spacial score (nSPS) is 12.2. The van der Waals surface area contributed by atoms with E-state index in [1.165, 1.54) is 0 Å². The van der Waals surface area contributed by atoms with Crippen molar-refractivity contribution in [1.29, 1.82) is 0 Å². The molecule has 3 aromatic carbocycles. The molecule has 0 aromatic heterocycles. The van der Waals surface area contributed by atoms with Crippen molar-refractivity contribution >= 4 is 16.7 Å². The van der Waals surface area contributed by atoms with Gasteiger partial charge < -0.3 is 5.11 Å². The van der Waals surface area contributed by atoms with Crippen LogP contribution in [0.4, 0.5) is 0 Å². The lowest BCUT2D eigenvalue weighted by Crippen LogP contribution is -2.07. The topological polar surface area (TPSA) is 37.3 Å². The number of carboxylic acids is 1. The average Bonchev–Trinajstić information content (AvgIpc) is 2.53. The van der Waals surface area contributed by atoms with Gasteiger partial charge in [-0.2, -0.15) is 0 Å². The van der Waals surface area contributed by atoms with E-state index in [1.807, 2.05) is 73.7 Å². The first-order valence-electron chi connectivity index (χ1n) is 6.98. The zero-order valence-electron chi connectivity index (χ0n) is 11.8. The van der Waals surface area contributed by atoms with Crippen LogP contribution in [0, 0.1) is 0 Å². The second-order valence-corrected chi connectivity index (χ2v) is 5.19. The average molecular weight is 276 g/mol. The Bertz CT molecular complexity index is 791. The number of carboxylic acid groups (broad SMARTS) is 1. The zero-order chi connectivity index (χ0) is 14.8. The molecule has 0 fully saturated rings. The Kier molecular flexibility index (Phi) is 3.44. The van der Waals surface area contributed by atoms with Crippen LogP contribution in [-0.4, -0.2) is 11.1 Å². The predicted octanol–water partition coefficient (Wildman–Crippen LogP) is 4.69. The summed E-state index contributed by atoms with van der Waals surface area (Å²) in [5.74, 6) is -0.827. The molecule has 0 spiro atoms. The number of fused-ring (bicyclic) bond motifs is 1. The lowest BCUT2D eigenvalue weighted by molar-refractivity contribution is 0.0697. The fourth-order valence-corrected chi connectivity index (χ4v) is 2.81. The van der Waals surface area contributed by atoms with Crippen LogP contribution in [0.5, 0.6) is 0 Å². The third kappa shape index (κ3) is 2.40. The summed E-state index contributed by atoms with van der Waals surface area (Å²) in [6.07, 6.45) is 0. The molecule has 0 radical (unpaired) electrons. The Hall–Kier alpha value is -2.61. The molecule has 0 aliphatic carbocycles. The summed E-state index contributed by atoms with van der Waals surface area (Å²) in [7, 11) is 0. The minimum Gasteiger partial charge on any atom is -0.478 e. The molecule has 3 aromatic rings. The van der Waals surface area contributed by atoms with Crippen LogP contribution in [-0.2, 0) is 0 Å². The van der Waals surface area contributed by atoms with Gasteiger partial charge in [-0.05, 0) is 21.9 Å². The van der Waals surface area contributed by atoms with Gasteiger partial charge in [-0.25, -0.2) is 4.79 Å². The summed E-state index contributed by atoms with van der Waals surface area (Å²) in [6, 6.07) is 21.5. The number of hydrogen-bond acceptors (Lipinski definition) is 1. The predicted molar refractivity (Wildman–Crippen MR) is 84.9 cm³/mol. The maximum atomic E-state index is 11.8. The largest absolute Gasteiger partial charge is 0.478 e. The summed E-state index contributed by atoms with van der Waals surface area (Å²) in [4.78, 5) is 11.8. The smallest absolute Gasteiger partial charge is 0.336 e. The van der Waals surface area contributed by atoms with Crippen molar-refractivity contribution in [1.82, 2.24) is 0 Å². The molecule has 104 valence electrons. The van der Waals surface area contributed by atoms with E-state index >= 15 is 0 Å². The van der Waals surface area contributed by atoms with E-state index in [2.05, 4.69) is 0 Å². The van der Waals surface area contributed by atoms with E-state index in [-0.39, 0.29) is 5.92 Å². The Morgan fingerprint density at radius 3 is 2.29 bits per heavy atom. The summed E-state index contributed by atoms with van der Waals surface area (Å²) >= 11 is 0. The van der Waals surface area contributed by atoms with E-state index in [4.69, 9.17) is 0 Å². The van der Waals surface area contributed by atoms with Gasteiger partial charge in [0.05, 0.1) is 5.56 Å². The third-order valence-corrected chi connectivity index (χ3v) is 3.94. The first-order valence-corrected chi connectivity index (χ1v) is 6.98. The Balaban J connectivity index is 2.23. The van der Waals surface area contributed by atoms with Gasteiger partial charge in [-0.3, -0.25) is 0 Å². The van der Waals surface area contributed by atoms with Crippen molar-refractivity contribution in [3.8, 4) is 0 Å². The molecule has 3 rings (SSSR count). The number of carbonyl (C=O) groups is 1. The fourth-order valence-electron chi connectivity index (χ4n) is 2.81. The van der Waals surface area contributed by atoms with Crippen molar-refractivity contribution in [3.63, 3.8) is 0 Å². The molecule has 1 unspecified atom stereocenters. The molecule has 0 heterocycles. The lowest BCUT2D eigenvalue weighted by atomic mass is 9.87. The minimum atomic E-state index is -0.871. The zero-order valence-corrected chi connectivity index (χ0v) is 11.8. The molecular formula is C19H16O2. The molecule has 0 bridgehead atoms. The summed E-state index contributed by atoms with van der Waals surface area (Å²) < 4.78 is 0. The molecule has 0 aliphatic heterocycles. The highest BCUT2D eigenvalue weighted by molar-refractivity contribution is 6.05. The Morgan fingerprint density at radius 2 is 1.57 bits per heavy atom. The van der Waals surface area contributed by atoms with Gasteiger partial charge in [-0.1, -0.05) is 73.7 Å². The molecule has 0 saturated carbocycles. The van der Waals surface area contributed by atoms with Crippen molar-refractivity contribution in [3.05, 3.63) is 83.4 Å². The van der Waals surface area contributed by atoms with Crippen molar-refractivity contribution in [2.75, 3.05) is 0 Å². The van der Waals surface area contributed by atoms with Gasteiger partial charge in [0.2, 0.25) is 0 Å². The third-order valence-electron chi connectivity index (χ3n) is 3.94. The van der Waals surface area contributed by atoms with Crippen molar-refractivity contribution in [2.24, 2.45) is 0 Å². The summed E-state index contributed by atoms with van der Waals surface area (Å²) in [6.45, 7) is 2.05. The van der Waals surface area contributed by atoms with Gasteiger partial charge in [0, 0.05) is 5.92 Å². The maximum absolute atomic E-state index is 11.8. The van der Waals surface area contributed by atoms with Crippen molar-refractivity contribution in [2.45, 2.75) is 12.8 Å². The Morgan fingerprint density at radius 1 is 0.905 bits per heavy atom. The van der Waals surface area contributed by atoms with E-state index in [9.17, 15) is 9.90 Å². The molecule has 1 atom stereocenters. The molecule has 2 nitrogen and oxygen atoms in total. The number of benzene rings is 3. The van der Waals surface area contributed by atoms with Gasteiger partial charge >= 0.3 is 5.97 Å². The summed E-state index contributed by atoms with van der Waals surface area (Å²) in [5, 5.41) is 11.4. The maximum Gasteiger partial charge on any atom is 0.336 e.